The largest absolute Gasteiger partial charge is 0.373 e. The van der Waals surface area contributed by atoms with Crippen molar-refractivity contribution in [3.05, 3.63) is 11.7 Å². The standard InChI is InChI=1S/C13H23N3O2/c1-4-5-10(17-3)11-15-12(18-16-11)13(2)6-8-14-9-7-13/h10,14H,4-9H2,1-3H3. The molecule has 0 radical (unpaired) electrons. The van der Waals surface area contributed by atoms with Crippen LogP contribution >= 0.6 is 0 Å². The van der Waals surface area contributed by atoms with Gasteiger partial charge in [-0.2, -0.15) is 4.98 Å². The van der Waals surface area contributed by atoms with Gasteiger partial charge in [-0.05, 0) is 32.4 Å². The third kappa shape index (κ3) is 2.72. The first-order valence-electron chi connectivity index (χ1n) is 6.77. The predicted molar refractivity (Wildman–Crippen MR) is 68.4 cm³/mol. The molecule has 1 N–H and O–H groups in total. The molecule has 18 heavy (non-hydrogen) atoms. The van der Waals surface area contributed by atoms with Crippen LogP contribution in [0.5, 0.6) is 0 Å². The number of hydrogen-bond donors (Lipinski definition) is 1. The molecule has 5 heteroatoms. The Bertz CT molecular complexity index is 372. The number of ether oxygens (including phenoxy) is 1. The third-order valence-corrected chi connectivity index (χ3v) is 3.79. The van der Waals surface area contributed by atoms with Crippen LogP contribution in [-0.4, -0.2) is 30.3 Å². The van der Waals surface area contributed by atoms with Crippen molar-refractivity contribution in [3.63, 3.8) is 0 Å². The molecule has 1 unspecified atom stereocenters. The second kappa shape index (κ2) is 5.80. The molecule has 5 nitrogen and oxygen atoms in total. The van der Waals surface area contributed by atoms with Gasteiger partial charge in [-0.25, -0.2) is 0 Å². The van der Waals surface area contributed by atoms with E-state index in [1.165, 1.54) is 0 Å². The molecule has 2 rings (SSSR count). The lowest BCUT2D eigenvalue weighted by Gasteiger charge is -2.30. The molecule has 1 aromatic rings. The van der Waals surface area contributed by atoms with Crippen LogP contribution in [0.3, 0.4) is 0 Å². The van der Waals surface area contributed by atoms with E-state index in [4.69, 9.17) is 9.26 Å². The maximum absolute atomic E-state index is 5.47. The first-order chi connectivity index (χ1) is 8.69. The van der Waals surface area contributed by atoms with Crippen LogP contribution in [0.1, 0.15) is 57.3 Å². The van der Waals surface area contributed by atoms with Crippen LogP contribution < -0.4 is 5.32 Å². The molecule has 0 spiro atoms. The van der Waals surface area contributed by atoms with Gasteiger partial charge in [0, 0.05) is 12.5 Å². The van der Waals surface area contributed by atoms with Crippen molar-refractivity contribution in [1.82, 2.24) is 15.5 Å². The first-order valence-corrected chi connectivity index (χ1v) is 6.77. The maximum Gasteiger partial charge on any atom is 0.232 e. The molecular formula is C13H23N3O2. The fourth-order valence-corrected chi connectivity index (χ4v) is 2.42. The number of nitrogens with zero attached hydrogens (tertiary/aromatic N) is 2. The molecule has 1 saturated heterocycles. The van der Waals surface area contributed by atoms with E-state index >= 15 is 0 Å². The minimum absolute atomic E-state index is 0.0149. The summed E-state index contributed by atoms with van der Waals surface area (Å²) in [6, 6.07) is 0. The van der Waals surface area contributed by atoms with E-state index in [1.54, 1.807) is 7.11 Å². The molecule has 0 aliphatic carbocycles. The first kappa shape index (κ1) is 13.5. The van der Waals surface area contributed by atoms with E-state index in [9.17, 15) is 0 Å². The molecule has 1 aliphatic rings. The number of aromatic nitrogens is 2. The monoisotopic (exact) mass is 253 g/mol. The van der Waals surface area contributed by atoms with E-state index in [-0.39, 0.29) is 11.5 Å². The SMILES string of the molecule is CCCC(OC)c1noc(C2(C)CCNCC2)n1. The van der Waals surface area contributed by atoms with Crippen LogP contribution in [0, 0.1) is 0 Å². The van der Waals surface area contributed by atoms with Gasteiger partial charge in [0.2, 0.25) is 11.7 Å². The molecule has 1 fully saturated rings. The van der Waals surface area contributed by atoms with Crippen molar-refractivity contribution in [2.45, 2.75) is 51.0 Å². The Balaban J connectivity index is 2.13. The van der Waals surface area contributed by atoms with Gasteiger partial charge in [0.15, 0.2) is 0 Å². The minimum atomic E-state index is -0.0437. The highest BCUT2D eigenvalue weighted by Crippen LogP contribution is 2.32. The van der Waals surface area contributed by atoms with Gasteiger partial charge in [0.05, 0.1) is 0 Å². The zero-order valence-electron chi connectivity index (χ0n) is 11.5. The van der Waals surface area contributed by atoms with Crippen LogP contribution in [0.25, 0.3) is 0 Å². The summed E-state index contributed by atoms with van der Waals surface area (Å²) >= 11 is 0. The number of methoxy groups -OCH3 is 1. The molecule has 2 heterocycles. The molecular weight excluding hydrogens is 230 g/mol. The van der Waals surface area contributed by atoms with Crippen molar-refractivity contribution >= 4 is 0 Å². The average molecular weight is 253 g/mol. The van der Waals surface area contributed by atoms with Gasteiger partial charge in [-0.1, -0.05) is 25.4 Å². The smallest absolute Gasteiger partial charge is 0.232 e. The Kier molecular flexibility index (Phi) is 4.35. The highest BCUT2D eigenvalue weighted by molar-refractivity contribution is 5.06. The van der Waals surface area contributed by atoms with E-state index in [2.05, 4.69) is 29.3 Å². The zero-order chi connectivity index (χ0) is 13.0. The van der Waals surface area contributed by atoms with Crippen LogP contribution in [0.4, 0.5) is 0 Å². The highest BCUT2D eigenvalue weighted by atomic mass is 16.5. The Labute approximate surface area is 108 Å². The van der Waals surface area contributed by atoms with Crippen LogP contribution in [0.15, 0.2) is 4.52 Å². The third-order valence-electron chi connectivity index (χ3n) is 3.79. The van der Waals surface area contributed by atoms with Gasteiger partial charge in [0.1, 0.15) is 6.10 Å². The Morgan fingerprint density at radius 1 is 1.44 bits per heavy atom. The topological polar surface area (TPSA) is 60.2 Å². The molecule has 1 aliphatic heterocycles. The summed E-state index contributed by atoms with van der Waals surface area (Å²) < 4.78 is 10.9. The Morgan fingerprint density at radius 2 is 2.17 bits per heavy atom. The van der Waals surface area contributed by atoms with Crippen molar-refractivity contribution in [2.24, 2.45) is 0 Å². The lowest BCUT2D eigenvalue weighted by atomic mass is 9.81. The molecule has 1 atom stereocenters. The maximum atomic E-state index is 5.47. The molecule has 0 amide bonds. The zero-order valence-corrected chi connectivity index (χ0v) is 11.5. The minimum Gasteiger partial charge on any atom is -0.373 e. The molecule has 0 bridgehead atoms. The van der Waals surface area contributed by atoms with Gasteiger partial charge in [-0.15, -0.1) is 0 Å². The van der Waals surface area contributed by atoms with Crippen LogP contribution in [-0.2, 0) is 10.2 Å². The summed E-state index contributed by atoms with van der Waals surface area (Å²) in [5.41, 5.74) is 0.0149. The van der Waals surface area contributed by atoms with E-state index in [0.717, 1.165) is 44.7 Å². The second-order valence-corrected chi connectivity index (χ2v) is 5.28. The van der Waals surface area contributed by atoms with Gasteiger partial charge in [0.25, 0.3) is 0 Å². The molecule has 0 saturated carbocycles. The number of rotatable bonds is 5. The van der Waals surface area contributed by atoms with Crippen molar-refractivity contribution in [1.29, 1.82) is 0 Å². The summed E-state index contributed by atoms with van der Waals surface area (Å²) in [5, 5.41) is 7.45. The Morgan fingerprint density at radius 3 is 2.78 bits per heavy atom. The summed E-state index contributed by atoms with van der Waals surface area (Å²) in [5.74, 6) is 1.45. The fraction of sp³-hybridized carbons (Fsp3) is 0.846. The van der Waals surface area contributed by atoms with Crippen molar-refractivity contribution in [2.75, 3.05) is 20.2 Å². The normalized spacial score (nSPS) is 20.8. The Hall–Kier alpha value is -0.940. The highest BCUT2D eigenvalue weighted by Gasteiger charge is 2.35. The van der Waals surface area contributed by atoms with Gasteiger partial charge < -0.3 is 14.6 Å². The quantitative estimate of drug-likeness (QED) is 0.871. The summed E-state index contributed by atoms with van der Waals surface area (Å²) in [7, 11) is 1.70. The number of nitrogens with one attached hydrogen (secondary N) is 1. The lowest BCUT2D eigenvalue weighted by molar-refractivity contribution is 0.0854. The fourth-order valence-electron chi connectivity index (χ4n) is 2.42. The molecule has 0 aromatic carbocycles. The van der Waals surface area contributed by atoms with E-state index in [1.807, 2.05) is 0 Å². The summed E-state index contributed by atoms with van der Waals surface area (Å²) in [6.07, 6.45) is 4.01. The summed E-state index contributed by atoms with van der Waals surface area (Å²) in [4.78, 5) is 4.56. The van der Waals surface area contributed by atoms with Crippen molar-refractivity contribution in [3.8, 4) is 0 Å². The summed E-state index contributed by atoms with van der Waals surface area (Å²) in [6.45, 7) is 6.35. The van der Waals surface area contributed by atoms with Crippen LogP contribution in [0.2, 0.25) is 0 Å². The van der Waals surface area contributed by atoms with Gasteiger partial charge >= 0.3 is 0 Å². The number of piperidine rings is 1. The van der Waals surface area contributed by atoms with E-state index < -0.39 is 0 Å². The number of hydrogen-bond acceptors (Lipinski definition) is 5. The lowest BCUT2D eigenvalue weighted by Crippen LogP contribution is -2.37. The second-order valence-electron chi connectivity index (χ2n) is 5.28. The predicted octanol–water partition coefficient (Wildman–Crippen LogP) is 2.20. The van der Waals surface area contributed by atoms with E-state index in [0.29, 0.717) is 5.82 Å². The van der Waals surface area contributed by atoms with Crippen molar-refractivity contribution < 1.29 is 9.26 Å². The molecule has 102 valence electrons. The molecule has 1 aromatic heterocycles. The average Bonchev–Trinajstić information content (AvgIpc) is 2.87. The van der Waals surface area contributed by atoms with Gasteiger partial charge in [-0.3, -0.25) is 0 Å².